The number of thiocarbonyl (C=S) groups is 1. The number of hydrogen-bond acceptors (Lipinski definition) is 3. The van der Waals surface area contributed by atoms with E-state index in [-0.39, 0.29) is 10.0 Å². The monoisotopic (exact) mass is 327 g/mol. The van der Waals surface area contributed by atoms with E-state index in [0.717, 1.165) is 4.90 Å². The molecular weight excluding hydrogens is 317 g/mol. The molecule has 2 aromatic carbocycles. The Bertz CT molecular complexity index is 664. The molecule has 2 nitrogen and oxygen atoms in total. The van der Waals surface area contributed by atoms with Gasteiger partial charge in [0.25, 0.3) is 0 Å². The van der Waals surface area contributed by atoms with E-state index in [1.807, 2.05) is 18.4 Å². The van der Waals surface area contributed by atoms with Gasteiger partial charge in [-0.1, -0.05) is 29.9 Å². The average Bonchev–Trinajstić information content (AvgIpc) is 2.41. The van der Waals surface area contributed by atoms with Crippen LogP contribution in [0.2, 0.25) is 5.02 Å². The van der Waals surface area contributed by atoms with Crippen molar-refractivity contribution in [1.82, 2.24) is 0 Å². The van der Waals surface area contributed by atoms with Crippen LogP contribution < -0.4 is 10.5 Å². The van der Waals surface area contributed by atoms with Crippen LogP contribution in [0, 0.1) is 5.82 Å². The Kier molecular flexibility index (Phi) is 4.86. The summed E-state index contributed by atoms with van der Waals surface area (Å²) >= 11 is 12.5. The maximum atomic E-state index is 13.0. The van der Waals surface area contributed by atoms with Gasteiger partial charge >= 0.3 is 0 Å². The minimum atomic E-state index is -0.421. The van der Waals surface area contributed by atoms with E-state index in [2.05, 4.69) is 0 Å². The maximum Gasteiger partial charge on any atom is 0.146 e. The van der Waals surface area contributed by atoms with Crippen molar-refractivity contribution in [2.24, 2.45) is 5.73 Å². The van der Waals surface area contributed by atoms with Gasteiger partial charge in [0.2, 0.25) is 0 Å². The highest BCUT2D eigenvalue weighted by Crippen LogP contribution is 2.35. The fourth-order valence-electron chi connectivity index (χ4n) is 1.69. The van der Waals surface area contributed by atoms with Crippen molar-refractivity contribution in [2.45, 2.75) is 4.90 Å². The zero-order valence-corrected chi connectivity index (χ0v) is 12.9. The molecule has 6 heteroatoms. The second-order valence-corrected chi connectivity index (χ2v) is 5.57. The zero-order valence-electron chi connectivity index (χ0n) is 10.5. The summed E-state index contributed by atoms with van der Waals surface area (Å²) in [5.74, 6) is 0.427. The average molecular weight is 328 g/mol. The number of ether oxygens (including phenoxy) is 1. The second kappa shape index (κ2) is 6.43. The van der Waals surface area contributed by atoms with Crippen LogP contribution in [0.3, 0.4) is 0 Å². The predicted octanol–water partition coefficient (Wildman–Crippen LogP) is 4.63. The van der Waals surface area contributed by atoms with Gasteiger partial charge < -0.3 is 10.5 Å². The highest BCUT2D eigenvalue weighted by atomic mass is 35.5. The maximum absolute atomic E-state index is 13.0. The molecule has 0 saturated carbocycles. The van der Waals surface area contributed by atoms with Crippen LogP contribution >= 0.6 is 35.6 Å². The predicted molar refractivity (Wildman–Crippen MR) is 85.6 cm³/mol. The summed E-state index contributed by atoms with van der Waals surface area (Å²) in [4.78, 5) is 1.15. The van der Waals surface area contributed by atoms with E-state index >= 15 is 0 Å². The number of rotatable bonds is 4. The summed E-state index contributed by atoms with van der Waals surface area (Å²) in [6, 6.07) is 9.41. The summed E-state index contributed by atoms with van der Waals surface area (Å²) in [5, 5.41) is 0.188. The van der Waals surface area contributed by atoms with Gasteiger partial charge in [-0.2, -0.15) is 0 Å². The molecule has 0 heterocycles. The molecule has 0 saturated heterocycles. The first kappa shape index (κ1) is 15.1. The van der Waals surface area contributed by atoms with Gasteiger partial charge in [0.15, 0.2) is 0 Å². The Morgan fingerprint density at radius 3 is 2.65 bits per heavy atom. The number of halogens is 2. The number of nitrogens with two attached hydrogens (primary N) is 1. The fraction of sp³-hybridized carbons (Fsp3) is 0.0714. The molecule has 0 atom stereocenters. The van der Waals surface area contributed by atoms with Crippen molar-refractivity contribution in [1.29, 1.82) is 0 Å². The number of thioether (sulfide) groups is 1. The summed E-state index contributed by atoms with van der Waals surface area (Å²) in [6.45, 7) is 0. The van der Waals surface area contributed by atoms with Crippen molar-refractivity contribution >= 4 is 40.6 Å². The number of hydrogen-bond donors (Lipinski definition) is 1. The Balaban J connectivity index is 2.45. The third kappa shape index (κ3) is 3.23. The molecule has 0 spiro atoms. The van der Waals surface area contributed by atoms with Crippen molar-refractivity contribution in [3.8, 4) is 11.5 Å². The molecule has 0 fully saturated rings. The van der Waals surface area contributed by atoms with Gasteiger partial charge in [-0.3, -0.25) is 0 Å². The molecule has 0 aliphatic heterocycles. The first-order chi connectivity index (χ1) is 9.52. The van der Waals surface area contributed by atoms with Crippen LogP contribution in [-0.2, 0) is 0 Å². The molecule has 2 aromatic rings. The van der Waals surface area contributed by atoms with Crippen molar-refractivity contribution in [3.63, 3.8) is 0 Å². The lowest BCUT2D eigenvalue weighted by Gasteiger charge is -2.14. The summed E-state index contributed by atoms with van der Waals surface area (Å²) < 4.78 is 18.7. The Labute approximate surface area is 131 Å². The van der Waals surface area contributed by atoms with Crippen molar-refractivity contribution in [3.05, 3.63) is 52.8 Å². The molecule has 104 valence electrons. The Hall–Kier alpha value is -1.30. The largest absolute Gasteiger partial charge is 0.455 e. The molecule has 0 amide bonds. The van der Waals surface area contributed by atoms with Crippen molar-refractivity contribution < 1.29 is 9.13 Å². The van der Waals surface area contributed by atoms with Gasteiger partial charge in [-0.25, -0.2) is 4.39 Å². The van der Waals surface area contributed by atoms with Crippen LogP contribution in [0.15, 0.2) is 41.3 Å². The van der Waals surface area contributed by atoms with Crippen molar-refractivity contribution in [2.75, 3.05) is 6.26 Å². The third-order valence-electron chi connectivity index (χ3n) is 2.57. The lowest BCUT2D eigenvalue weighted by Crippen LogP contribution is -2.12. The zero-order chi connectivity index (χ0) is 14.7. The molecule has 0 aliphatic carbocycles. The van der Waals surface area contributed by atoms with E-state index in [1.165, 1.54) is 30.0 Å². The molecule has 2 N–H and O–H groups in total. The van der Waals surface area contributed by atoms with Crippen LogP contribution in [0.4, 0.5) is 4.39 Å². The minimum absolute atomic E-state index is 0.188. The summed E-state index contributed by atoms with van der Waals surface area (Å²) in [5.41, 5.74) is 6.40. The molecule has 2 rings (SSSR count). The SMILES string of the molecule is CSc1cccc(Oc2ccc(F)cc2Cl)c1C(N)=S. The standard InChI is InChI=1S/C14H11ClFNOS2/c1-20-12-4-2-3-11(13(12)14(17)19)18-10-6-5-8(16)7-9(10)15/h2-7H,1H3,(H2,17,19). The van der Waals surface area contributed by atoms with Gasteiger partial charge in [0, 0.05) is 4.90 Å². The van der Waals surface area contributed by atoms with Gasteiger partial charge in [-0.15, -0.1) is 11.8 Å². The Morgan fingerprint density at radius 1 is 1.30 bits per heavy atom. The third-order valence-corrected chi connectivity index (χ3v) is 3.85. The van der Waals surface area contributed by atoms with Crippen LogP contribution in [0.1, 0.15) is 5.56 Å². The van der Waals surface area contributed by atoms with E-state index in [9.17, 15) is 4.39 Å². The quantitative estimate of drug-likeness (QED) is 0.656. The highest BCUT2D eigenvalue weighted by molar-refractivity contribution is 7.98. The van der Waals surface area contributed by atoms with Crippen LogP contribution in [0.25, 0.3) is 0 Å². The lowest BCUT2D eigenvalue weighted by atomic mass is 10.2. The summed E-state index contributed by atoms with van der Waals surface area (Å²) in [6.07, 6.45) is 1.92. The second-order valence-electron chi connectivity index (χ2n) is 3.87. The molecule has 0 bridgehead atoms. The normalized spacial score (nSPS) is 10.3. The Morgan fingerprint density at radius 2 is 2.05 bits per heavy atom. The van der Waals surface area contributed by atoms with E-state index < -0.39 is 5.82 Å². The first-order valence-corrected chi connectivity index (χ1v) is 7.63. The molecule has 0 unspecified atom stereocenters. The first-order valence-electron chi connectivity index (χ1n) is 5.62. The number of benzene rings is 2. The lowest BCUT2D eigenvalue weighted by molar-refractivity contribution is 0.478. The smallest absolute Gasteiger partial charge is 0.146 e. The molecule has 0 aliphatic rings. The molecule has 0 radical (unpaired) electrons. The summed E-state index contributed by atoms with van der Waals surface area (Å²) in [7, 11) is 0. The van der Waals surface area contributed by atoms with Gasteiger partial charge in [-0.05, 0) is 36.6 Å². The van der Waals surface area contributed by atoms with Crippen LogP contribution in [-0.4, -0.2) is 11.2 Å². The minimum Gasteiger partial charge on any atom is -0.455 e. The van der Waals surface area contributed by atoms with Crippen LogP contribution in [0.5, 0.6) is 11.5 Å². The molecule has 20 heavy (non-hydrogen) atoms. The fourth-order valence-corrected chi connectivity index (χ4v) is 2.80. The van der Waals surface area contributed by atoms with Gasteiger partial charge in [0.05, 0.1) is 10.6 Å². The molecule has 0 aromatic heterocycles. The van der Waals surface area contributed by atoms with Gasteiger partial charge in [0.1, 0.15) is 22.3 Å². The van der Waals surface area contributed by atoms with E-state index in [0.29, 0.717) is 17.1 Å². The highest BCUT2D eigenvalue weighted by Gasteiger charge is 2.14. The van der Waals surface area contributed by atoms with E-state index in [1.54, 1.807) is 6.07 Å². The topological polar surface area (TPSA) is 35.2 Å². The molecular formula is C14H11ClFNOS2. The van der Waals surface area contributed by atoms with E-state index in [4.69, 9.17) is 34.3 Å².